The van der Waals surface area contributed by atoms with Gasteiger partial charge in [0.2, 0.25) is 0 Å². The molecule has 2 aliphatic rings. The predicted molar refractivity (Wildman–Crippen MR) is 92.4 cm³/mol. The van der Waals surface area contributed by atoms with Gasteiger partial charge in [0.15, 0.2) is 5.78 Å². The summed E-state index contributed by atoms with van der Waals surface area (Å²) in [7, 11) is 0. The first kappa shape index (κ1) is 15.3. The summed E-state index contributed by atoms with van der Waals surface area (Å²) in [6.07, 6.45) is 7.32. The minimum Gasteiger partial charge on any atom is -0.485 e. The highest BCUT2D eigenvalue weighted by atomic mass is 16.5. The Bertz CT molecular complexity index is 731. The molecule has 0 N–H and O–H groups in total. The minimum absolute atomic E-state index is 0.217. The van der Waals surface area contributed by atoms with Gasteiger partial charge in [0.05, 0.1) is 12.0 Å². The van der Waals surface area contributed by atoms with Crippen LogP contribution in [0.5, 0.6) is 5.75 Å². The maximum atomic E-state index is 12.4. The minimum atomic E-state index is -0.320. The second kappa shape index (κ2) is 6.36. The highest BCUT2D eigenvalue weighted by Crippen LogP contribution is 2.38. The summed E-state index contributed by atoms with van der Waals surface area (Å²) >= 11 is 0. The van der Waals surface area contributed by atoms with E-state index in [2.05, 4.69) is 16.0 Å². The zero-order valence-electron chi connectivity index (χ0n) is 13.8. The van der Waals surface area contributed by atoms with E-state index in [1.54, 1.807) is 0 Å². The van der Waals surface area contributed by atoms with Gasteiger partial charge in [-0.2, -0.15) is 0 Å². The number of benzene rings is 1. The molecule has 2 aromatic rings. The van der Waals surface area contributed by atoms with Crippen molar-refractivity contribution in [3.05, 3.63) is 59.9 Å². The van der Waals surface area contributed by atoms with E-state index in [1.807, 2.05) is 42.7 Å². The molecule has 1 fully saturated rings. The van der Waals surface area contributed by atoms with Gasteiger partial charge in [-0.15, -0.1) is 0 Å². The third-order valence-electron chi connectivity index (χ3n) is 5.05. The molecular weight excluding hydrogens is 300 g/mol. The zero-order valence-corrected chi connectivity index (χ0v) is 13.8. The Kier molecular flexibility index (Phi) is 4.07. The Morgan fingerprint density at radius 3 is 3.00 bits per heavy atom. The summed E-state index contributed by atoms with van der Waals surface area (Å²) in [6, 6.07) is 11.7. The van der Waals surface area contributed by atoms with Crippen molar-refractivity contribution >= 4 is 5.78 Å². The van der Waals surface area contributed by atoms with Crippen LogP contribution in [0.2, 0.25) is 0 Å². The number of hydrogen-bond donors (Lipinski definition) is 0. The fraction of sp³-hybridized carbons (Fsp3) is 0.400. The summed E-state index contributed by atoms with van der Waals surface area (Å²) in [5.74, 6) is 0.972. The Labute approximate surface area is 142 Å². The van der Waals surface area contributed by atoms with Crippen LogP contribution in [0.4, 0.5) is 0 Å². The predicted octanol–water partition coefficient (Wildman–Crippen LogP) is 3.12. The van der Waals surface area contributed by atoms with Crippen molar-refractivity contribution in [3.8, 4) is 5.75 Å². The molecule has 4 heteroatoms. The normalized spacial score (nSPS) is 23.2. The third kappa shape index (κ3) is 3.06. The van der Waals surface area contributed by atoms with Crippen molar-refractivity contribution in [1.29, 1.82) is 0 Å². The molecule has 0 unspecified atom stereocenters. The lowest BCUT2D eigenvalue weighted by atomic mass is 9.89. The molecule has 0 aliphatic carbocycles. The number of rotatable bonds is 4. The number of aryl methyl sites for hydroxylation is 1. The number of hydrogen-bond acceptors (Lipinski definition) is 4. The number of carbonyl (C=O) groups excluding carboxylic acids is 1. The molecule has 0 bridgehead atoms. The van der Waals surface area contributed by atoms with Crippen molar-refractivity contribution in [2.75, 3.05) is 19.6 Å². The molecule has 0 amide bonds. The second-order valence-electron chi connectivity index (χ2n) is 6.87. The molecule has 124 valence electrons. The molecule has 0 saturated carbocycles. The number of ketones is 1. The molecular formula is C20H22N2O2. The number of nitrogens with zero attached hydrogens (tertiary/aromatic N) is 2. The Balaban J connectivity index is 1.36. The first-order valence-corrected chi connectivity index (χ1v) is 8.67. The maximum Gasteiger partial charge on any atom is 0.170 e. The number of aromatic nitrogens is 1. The lowest BCUT2D eigenvalue weighted by Gasteiger charge is -2.34. The molecule has 3 heterocycles. The van der Waals surface area contributed by atoms with Crippen LogP contribution < -0.4 is 4.74 Å². The Morgan fingerprint density at radius 2 is 2.12 bits per heavy atom. The Hall–Kier alpha value is -2.20. The average molecular weight is 322 g/mol. The van der Waals surface area contributed by atoms with E-state index in [-0.39, 0.29) is 11.4 Å². The number of para-hydroxylation sites is 1. The molecule has 1 aromatic carbocycles. The van der Waals surface area contributed by atoms with E-state index in [0.717, 1.165) is 50.2 Å². The lowest BCUT2D eigenvalue weighted by Crippen LogP contribution is -2.44. The monoisotopic (exact) mass is 322 g/mol. The summed E-state index contributed by atoms with van der Waals surface area (Å²) in [5, 5.41) is 0. The lowest BCUT2D eigenvalue weighted by molar-refractivity contribution is 0.0460. The smallest absolute Gasteiger partial charge is 0.170 e. The maximum absolute atomic E-state index is 12.4. The van der Waals surface area contributed by atoms with Crippen LogP contribution in [0, 0.1) is 0 Å². The molecule has 24 heavy (non-hydrogen) atoms. The van der Waals surface area contributed by atoms with E-state index < -0.39 is 0 Å². The van der Waals surface area contributed by atoms with Gasteiger partial charge in [-0.05, 0) is 43.1 Å². The number of Topliss-reactive ketones (excluding diaryl/α,β-unsaturated/α-hetero) is 1. The van der Waals surface area contributed by atoms with Crippen LogP contribution in [-0.4, -0.2) is 40.9 Å². The van der Waals surface area contributed by atoms with Crippen LogP contribution in [-0.2, 0) is 6.42 Å². The SMILES string of the molecule is O=C1C[C@@]2(CCN(CCCc3cccnc3)C2)Oc2ccccc21. The van der Waals surface area contributed by atoms with Crippen LogP contribution >= 0.6 is 0 Å². The standard InChI is InChI=1S/C20H22N2O2/c23-18-13-20(24-19-8-2-1-7-17(18)19)9-12-22(15-20)11-4-6-16-5-3-10-21-14-16/h1-3,5,7-8,10,14H,4,6,9,11-13,15H2/t20-/m1/s1. The second-order valence-corrected chi connectivity index (χ2v) is 6.87. The molecule has 4 rings (SSSR count). The topological polar surface area (TPSA) is 42.4 Å². The highest BCUT2D eigenvalue weighted by Gasteiger charge is 2.45. The van der Waals surface area contributed by atoms with Crippen molar-refractivity contribution < 1.29 is 9.53 Å². The van der Waals surface area contributed by atoms with E-state index in [1.165, 1.54) is 5.56 Å². The summed E-state index contributed by atoms with van der Waals surface area (Å²) in [6.45, 7) is 2.89. The van der Waals surface area contributed by atoms with E-state index in [9.17, 15) is 4.79 Å². The first-order chi connectivity index (χ1) is 11.7. The number of pyridine rings is 1. The van der Waals surface area contributed by atoms with Gasteiger partial charge in [0, 0.05) is 31.9 Å². The average Bonchev–Trinajstić information content (AvgIpc) is 2.98. The number of fused-ring (bicyclic) bond motifs is 1. The van der Waals surface area contributed by atoms with E-state index in [4.69, 9.17) is 4.74 Å². The molecule has 1 spiro atoms. The van der Waals surface area contributed by atoms with Gasteiger partial charge in [0.1, 0.15) is 11.4 Å². The summed E-state index contributed by atoms with van der Waals surface area (Å²) in [4.78, 5) is 19.0. The molecule has 0 radical (unpaired) electrons. The van der Waals surface area contributed by atoms with E-state index >= 15 is 0 Å². The molecule has 1 saturated heterocycles. The summed E-state index contributed by atoms with van der Waals surface area (Å²) < 4.78 is 6.27. The van der Waals surface area contributed by atoms with Crippen molar-refractivity contribution in [2.45, 2.75) is 31.3 Å². The van der Waals surface area contributed by atoms with Crippen LogP contribution in [0.15, 0.2) is 48.8 Å². The summed E-state index contributed by atoms with van der Waals surface area (Å²) in [5.41, 5.74) is 1.70. The van der Waals surface area contributed by atoms with Crippen molar-refractivity contribution in [3.63, 3.8) is 0 Å². The molecule has 1 atom stereocenters. The number of likely N-dealkylation sites (tertiary alicyclic amines) is 1. The highest BCUT2D eigenvalue weighted by molar-refractivity contribution is 6.00. The number of ether oxygens (including phenoxy) is 1. The van der Waals surface area contributed by atoms with Crippen molar-refractivity contribution in [1.82, 2.24) is 9.88 Å². The molecule has 1 aromatic heterocycles. The van der Waals surface area contributed by atoms with Crippen LogP contribution in [0.25, 0.3) is 0 Å². The van der Waals surface area contributed by atoms with Gasteiger partial charge >= 0.3 is 0 Å². The molecule has 2 aliphatic heterocycles. The van der Waals surface area contributed by atoms with Gasteiger partial charge in [0.25, 0.3) is 0 Å². The Morgan fingerprint density at radius 1 is 1.21 bits per heavy atom. The largest absolute Gasteiger partial charge is 0.485 e. The van der Waals surface area contributed by atoms with Crippen LogP contribution in [0.3, 0.4) is 0 Å². The van der Waals surface area contributed by atoms with Gasteiger partial charge < -0.3 is 4.74 Å². The third-order valence-corrected chi connectivity index (χ3v) is 5.05. The fourth-order valence-corrected chi connectivity index (χ4v) is 3.84. The van der Waals surface area contributed by atoms with Gasteiger partial charge in [-0.1, -0.05) is 18.2 Å². The fourth-order valence-electron chi connectivity index (χ4n) is 3.84. The van der Waals surface area contributed by atoms with Crippen LogP contribution in [0.1, 0.15) is 35.2 Å². The van der Waals surface area contributed by atoms with E-state index in [0.29, 0.717) is 6.42 Å². The molecule has 4 nitrogen and oxygen atoms in total. The number of carbonyl (C=O) groups is 1. The quantitative estimate of drug-likeness (QED) is 0.867. The first-order valence-electron chi connectivity index (χ1n) is 8.67. The van der Waals surface area contributed by atoms with Crippen molar-refractivity contribution in [2.24, 2.45) is 0 Å². The zero-order chi connectivity index (χ0) is 16.4. The van der Waals surface area contributed by atoms with Gasteiger partial charge in [-0.3, -0.25) is 14.7 Å². The van der Waals surface area contributed by atoms with Gasteiger partial charge in [-0.25, -0.2) is 0 Å².